The Morgan fingerprint density at radius 3 is 2.50 bits per heavy atom. The van der Waals surface area contributed by atoms with Gasteiger partial charge in [-0.25, -0.2) is 4.79 Å². The summed E-state index contributed by atoms with van der Waals surface area (Å²) >= 11 is 0. The number of benzene rings is 1. The average molecular weight is 375 g/mol. The van der Waals surface area contributed by atoms with Crippen molar-refractivity contribution in [3.8, 4) is 5.75 Å². The van der Waals surface area contributed by atoms with Gasteiger partial charge in [0.15, 0.2) is 12.4 Å². The van der Waals surface area contributed by atoms with E-state index in [2.05, 4.69) is 4.74 Å². The summed E-state index contributed by atoms with van der Waals surface area (Å²) in [6.07, 6.45) is -1.26. The lowest BCUT2D eigenvalue weighted by Crippen LogP contribution is -2.29. The monoisotopic (exact) mass is 375 g/mol. The van der Waals surface area contributed by atoms with E-state index in [1.165, 1.54) is 6.07 Å². The van der Waals surface area contributed by atoms with Gasteiger partial charge in [0.25, 0.3) is 0 Å². The van der Waals surface area contributed by atoms with Crippen molar-refractivity contribution in [2.45, 2.75) is 44.2 Å². The summed E-state index contributed by atoms with van der Waals surface area (Å²) in [6, 6.07) is 3.20. The van der Waals surface area contributed by atoms with E-state index in [9.17, 15) is 28.1 Å². The Kier molecular flexibility index (Phi) is 6.44. The number of ether oxygens (including phenoxy) is 2. The molecule has 0 aromatic heterocycles. The molecule has 0 aliphatic heterocycles. The van der Waals surface area contributed by atoms with Crippen LogP contribution in [0.15, 0.2) is 18.2 Å². The Hall–Kier alpha value is -2.32. The smallest absolute Gasteiger partial charge is 0.396 e. The summed E-state index contributed by atoms with van der Waals surface area (Å²) in [7, 11) is 1.13. The van der Waals surface area contributed by atoms with Crippen LogP contribution in [0.1, 0.15) is 43.6 Å². The Bertz CT molecular complexity index is 656. The molecule has 144 valence electrons. The number of carbonyl (C=O) groups is 1. The molecule has 0 radical (unpaired) electrons. The van der Waals surface area contributed by atoms with Gasteiger partial charge < -0.3 is 9.47 Å². The normalized spacial score (nSPS) is 16.8. The lowest BCUT2D eigenvalue weighted by Gasteiger charge is -2.32. The molecule has 1 fully saturated rings. The van der Waals surface area contributed by atoms with Crippen molar-refractivity contribution in [1.29, 1.82) is 0 Å². The molecule has 2 rings (SSSR count). The van der Waals surface area contributed by atoms with E-state index in [-0.39, 0.29) is 11.3 Å². The van der Waals surface area contributed by atoms with Crippen LogP contribution in [0.2, 0.25) is 0 Å². The Morgan fingerprint density at radius 2 is 1.96 bits per heavy atom. The standard InChI is InChI=1S/C17H20F3NO5/c1-25-15(22)10-26-14-8-7-12(9-13(14)21(23)24)16(17(18,19)20)11-5-3-2-4-6-11/h7-9,11,16H,2-6,10H2,1H3. The summed E-state index contributed by atoms with van der Waals surface area (Å²) < 4.78 is 50.4. The predicted octanol–water partition coefficient (Wildman–Crippen LogP) is 4.37. The molecule has 6 nitrogen and oxygen atoms in total. The Balaban J connectivity index is 2.35. The molecule has 0 amide bonds. The largest absolute Gasteiger partial charge is 0.475 e. The van der Waals surface area contributed by atoms with Gasteiger partial charge in [0, 0.05) is 6.07 Å². The minimum atomic E-state index is -4.50. The summed E-state index contributed by atoms with van der Waals surface area (Å²) in [5.74, 6) is -3.37. The van der Waals surface area contributed by atoms with Crippen LogP contribution in [0, 0.1) is 16.0 Å². The molecule has 1 aromatic carbocycles. The van der Waals surface area contributed by atoms with Crippen molar-refractivity contribution >= 4 is 11.7 Å². The number of nitro benzene ring substituents is 1. The number of nitro groups is 1. The third kappa shape index (κ3) is 4.86. The summed E-state index contributed by atoms with van der Waals surface area (Å²) in [6.45, 7) is -0.567. The molecule has 1 saturated carbocycles. The van der Waals surface area contributed by atoms with Crippen molar-refractivity contribution in [2.75, 3.05) is 13.7 Å². The third-order valence-electron chi connectivity index (χ3n) is 4.59. The molecule has 26 heavy (non-hydrogen) atoms. The highest BCUT2D eigenvalue weighted by molar-refractivity contribution is 5.71. The number of halogens is 3. The van der Waals surface area contributed by atoms with Gasteiger partial charge in [0.1, 0.15) is 0 Å². The van der Waals surface area contributed by atoms with E-state index in [1.54, 1.807) is 0 Å². The van der Waals surface area contributed by atoms with E-state index < -0.39 is 41.2 Å². The lowest BCUT2D eigenvalue weighted by atomic mass is 9.76. The van der Waals surface area contributed by atoms with Crippen molar-refractivity contribution in [2.24, 2.45) is 5.92 Å². The Morgan fingerprint density at radius 1 is 1.31 bits per heavy atom. The van der Waals surface area contributed by atoms with Crippen LogP contribution >= 0.6 is 0 Å². The van der Waals surface area contributed by atoms with E-state index in [1.807, 2.05) is 0 Å². The van der Waals surface area contributed by atoms with Gasteiger partial charge in [-0.05, 0) is 30.4 Å². The molecule has 1 aromatic rings. The van der Waals surface area contributed by atoms with Gasteiger partial charge in [-0.2, -0.15) is 13.2 Å². The number of hydrogen-bond donors (Lipinski definition) is 0. The van der Waals surface area contributed by atoms with Crippen molar-refractivity contribution in [3.63, 3.8) is 0 Å². The van der Waals surface area contributed by atoms with Crippen LogP contribution in [0.5, 0.6) is 5.75 Å². The van der Waals surface area contributed by atoms with Gasteiger partial charge in [-0.3, -0.25) is 10.1 Å². The average Bonchev–Trinajstić information content (AvgIpc) is 2.60. The molecule has 0 N–H and O–H groups in total. The molecule has 1 atom stereocenters. The van der Waals surface area contributed by atoms with Crippen LogP contribution in [0.25, 0.3) is 0 Å². The molecule has 1 aliphatic carbocycles. The maximum absolute atomic E-state index is 13.7. The van der Waals surface area contributed by atoms with Gasteiger partial charge in [-0.15, -0.1) is 0 Å². The number of methoxy groups -OCH3 is 1. The Labute approximate surface area is 148 Å². The van der Waals surface area contributed by atoms with E-state index in [0.717, 1.165) is 38.5 Å². The predicted molar refractivity (Wildman–Crippen MR) is 86.0 cm³/mol. The van der Waals surface area contributed by atoms with Crippen molar-refractivity contribution < 1.29 is 32.4 Å². The molecule has 0 heterocycles. The van der Waals surface area contributed by atoms with Crippen molar-refractivity contribution in [3.05, 3.63) is 33.9 Å². The van der Waals surface area contributed by atoms with Crippen LogP contribution < -0.4 is 4.74 Å². The van der Waals surface area contributed by atoms with Crippen LogP contribution in [-0.4, -0.2) is 30.8 Å². The quantitative estimate of drug-likeness (QED) is 0.419. The first kappa shape index (κ1) is 20.0. The molecular weight excluding hydrogens is 355 g/mol. The highest BCUT2D eigenvalue weighted by Gasteiger charge is 2.46. The zero-order valence-corrected chi connectivity index (χ0v) is 14.3. The number of hydrogen-bond acceptors (Lipinski definition) is 5. The highest BCUT2D eigenvalue weighted by atomic mass is 19.4. The zero-order chi connectivity index (χ0) is 19.3. The maximum atomic E-state index is 13.7. The van der Waals surface area contributed by atoms with Crippen LogP contribution in [0.3, 0.4) is 0 Å². The number of nitrogens with zero attached hydrogens (tertiary/aromatic N) is 1. The van der Waals surface area contributed by atoms with Gasteiger partial charge in [0.2, 0.25) is 0 Å². The molecule has 0 spiro atoms. The fourth-order valence-corrected chi connectivity index (χ4v) is 3.38. The number of alkyl halides is 3. The number of esters is 1. The number of carbonyl (C=O) groups excluding carboxylic acids is 1. The topological polar surface area (TPSA) is 78.7 Å². The first-order valence-electron chi connectivity index (χ1n) is 8.28. The molecular formula is C17H20F3NO5. The van der Waals surface area contributed by atoms with Crippen LogP contribution in [0.4, 0.5) is 18.9 Å². The second-order valence-electron chi connectivity index (χ2n) is 6.27. The molecule has 1 aliphatic rings. The summed E-state index contributed by atoms with van der Waals surface area (Å²) in [5, 5.41) is 11.3. The van der Waals surface area contributed by atoms with Crippen LogP contribution in [-0.2, 0) is 9.53 Å². The lowest BCUT2D eigenvalue weighted by molar-refractivity contribution is -0.385. The first-order chi connectivity index (χ1) is 12.2. The van der Waals surface area contributed by atoms with E-state index in [4.69, 9.17) is 4.74 Å². The highest BCUT2D eigenvalue weighted by Crippen LogP contribution is 2.47. The molecule has 9 heteroatoms. The maximum Gasteiger partial charge on any atom is 0.396 e. The van der Waals surface area contributed by atoms with Crippen molar-refractivity contribution in [1.82, 2.24) is 0 Å². The fraction of sp³-hybridized carbons (Fsp3) is 0.588. The molecule has 0 saturated heterocycles. The fourth-order valence-electron chi connectivity index (χ4n) is 3.38. The minimum Gasteiger partial charge on any atom is -0.475 e. The molecule has 1 unspecified atom stereocenters. The van der Waals surface area contributed by atoms with Gasteiger partial charge >= 0.3 is 17.8 Å². The zero-order valence-electron chi connectivity index (χ0n) is 14.3. The van der Waals surface area contributed by atoms with Gasteiger partial charge in [0.05, 0.1) is 18.0 Å². The van der Waals surface area contributed by atoms with E-state index in [0.29, 0.717) is 12.8 Å². The summed E-state index contributed by atoms with van der Waals surface area (Å²) in [5.41, 5.74) is -0.752. The summed E-state index contributed by atoms with van der Waals surface area (Å²) in [4.78, 5) is 21.6. The van der Waals surface area contributed by atoms with E-state index >= 15 is 0 Å². The number of rotatable bonds is 6. The molecule has 0 bridgehead atoms. The van der Waals surface area contributed by atoms with Gasteiger partial charge in [-0.1, -0.05) is 25.3 Å². The third-order valence-corrected chi connectivity index (χ3v) is 4.59. The second kappa shape index (κ2) is 8.37. The second-order valence-corrected chi connectivity index (χ2v) is 6.27. The SMILES string of the molecule is COC(=O)COc1ccc(C(C2CCCCC2)C(F)(F)F)cc1[N+](=O)[O-]. The minimum absolute atomic E-state index is 0.151. The first-order valence-corrected chi connectivity index (χ1v) is 8.28.